The Morgan fingerprint density at radius 2 is 2.10 bits per heavy atom. The molecule has 0 aromatic heterocycles. The Labute approximate surface area is 179 Å². The average Bonchev–Trinajstić information content (AvgIpc) is 3.18. The van der Waals surface area contributed by atoms with Crippen LogP contribution in [0.5, 0.6) is 0 Å². The summed E-state index contributed by atoms with van der Waals surface area (Å²) in [7, 11) is 1.81. The van der Waals surface area contributed by atoms with E-state index in [1.165, 1.54) is 0 Å². The van der Waals surface area contributed by atoms with Crippen molar-refractivity contribution in [1.82, 2.24) is 20.4 Å². The molecule has 1 amide bonds. The molecule has 1 aliphatic carbocycles. The highest BCUT2D eigenvalue weighted by Gasteiger charge is 2.38. The standard InChI is InChI=1S/C22H36N6O2/c1-7-18-21(29)27(6)14(5)20(28(18)12(2)3)26-22(24)25-17-9-8-15(13(4)23)16-10-11-30-19(16)17/h8-9,12,15-16,18,22,25-26H,4,7,10-11,23-24H2,1-3,5-6H3. The highest BCUT2D eigenvalue weighted by Crippen LogP contribution is 2.39. The van der Waals surface area contributed by atoms with Crippen molar-refractivity contribution in [3.05, 3.63) is 47.4 Å². The molecule has 30 heavy (non-hydrogen) atoms. The van der Waals surface area contributed by atoms with Gasteiger partial charge in [0.25, 0.3) is 0 Å². The molecule has 0 saturated carbocycles. The van der Waals surface area contributed by atoms with Crippen LogP contribution in [0.1, 0.15) is 40.5 Å². The lowest BCUT2D eigenvalue weighted by Crippen LogP contribution is -2.60. The molecule has 3 rings (SSSR count). The number of fused-ring (bicyclic) bond motifs is 1. The molecule has 2 heterocycles. The molecular formula is C22H36N6O2. The van der Waals surface area contributed by atoms with Crippen molar-refractivity contribution in [3.8, 4) is 0 Å². The molecular weight excluding hydrogens is 380 g/mol. The number of carbonyl (C=O) groups is 1. The van der Waals surface area contributed by atoms with E-state index in [-0.39, 0.29) is 29.8 Å². The number of ether oxygens (including phenoxy) is 1. The van der Waals surface area contributed by atoms with Gasteiger partial charge in [-0.25, -0.2) is 0 Å². The number of hydrogen-bond acceptors (Lipinski definition) is 7. The molecule has 8 nitrogen and oxygen atoms in total. The third kappa shape index (κ3) is 3.88. The first-order valence-corrected chi connectivity index (χ1v) is 10.7. The van der Waals surface area contributed by atoms with Crippen LogP contribution in [0, 0.1) is 11.8 Å². The van der Waals surface area contributed by atoms with Crippen molar-refractivity contribution in [1.29, 1.82) is 0 Å². The van der Waals surface area contributed by atoms with Gasteiger partial charge in [0.05, 0.1) is 18.0 Å². The fourth-order valence-corrected chi connectivity index (χ4v) is 4.60. The summed E-state index contributed by atoms with van der Waals surface area (Å²) in [6.07, 6.45) is 5.09. The van der Waals surface area contributed by atoms with Gasteiger partial charge in [0.1, 0.15) is 17.6 Å². The molecule has 166 valence electrons. The number of nitrogens with one attached hydrogen (secondary N) is 2. The molecule has 0 aromatic rings. The molecule has 4 atom stereocenters. The molecule has 1 fully saturated rings. The number of carbonyl (C=O) groups excluding carboxylic acids is 1. The van der Waals surface area contributed by atoms with Crippen LogP contribution in [-0.4, -0.2) is 47.7 Å². The van der Waals surface area contributed by atoms with Gasteiger partial charge >= 0.3 is 0 Å². The smallest absolute Gasteiger partial charge is 0.249 e. The first-order valence-electron chi connectivity index (χ1n) is 10.7. The molecule has 0 radical (unpaired) electrons. The number of nitrogens with two attached hydrogens (primary N) is 2. The van der Waals surface area contributed by atoms with Crippen LogP contribution in [0.15, 0.2) is 47.4 Å². The zero-order chi connectivity index (χ0) is 22.2. The fraction of sp³-hybridized carbons (Fsp3) is 0.591. The molecule has 0 aromatic carbocycles. The van der Waals surface area contributed by atoms with Gasteiger partial charge in [-0.05, 0) is 39.7 Å². The third-order valence-corrected chi connectivity index (χ3v) is 6.22. The van der Waals surface area contributed by atoms with E-state index >= 15 is 0 Å². The summed E-state index contributed by atoms with van der Waals surface area (Å²) in [6.45, 7) is 12.7. The zero-order valence-corrected chi connectivity index (χ0v) is 18.7. The number of rotatable bonds is 7. The maximum atomic E-state index is 12.8. The summed E-state index contributed by atoms with van der Waals surface area (Å²) in [5, 5.41) is 6.72. The molecule has 0 bridgehead atoms. The van der Waals surface area contributed by atoms with Crippen molar-refractivity contribution in [3.63, 3.8) is 0 Å². The molecule has 2 aliphatic heterocycles. The monoisotopic (exact) mass is 416 g/mol. The van der Waals surface area contributed by atoms with Crippen LogP contribution in [0.3, 0.4) is 0 Å². The molecule has 3 aliphatic rings. The van der Waals surface area contributed by atoms with E-state index in [1.807, 2.05) is 27.0 Å². The summed E-state index contributed by atoms with van der Waals surface area (Å²) in [5.41, 5.74) is 14.8. The van der Waals surface area contributed by atoms with E-state index < -0.39 is 6.29 Å². The zero-order valence-electron chi connectivity index (χ0n) is 18.7. The summed E-state index contributed by atoms with van der Waals surface area (Å²) in [6, 6.07) is -0.0726. The Hall–Kier alpha value is -2.61. The molecule has 0 spiro atoms. The van der Waals surface area contributed by atoms with Crippen molar-refractivity contribution in [2.45, 2.75) is 58.9 Å². The predicted octanol–water partition coefficient (Wildman–Crippen LogP) is 1.46. The second-order valence-electron chi connectivity index (χ2n) is 8.50. The minimum absolute atomic E-state index is 0.0851. The summed E-state index contributed by atoms with van der Waals surface area (Å²) < 4.78 is 5.90. The van der Waals surface area contributed by atoms with Gasteiger partial charge in [-0.3, -0.25) is 10.5 Å². The second-order valence-corrected chi connectivity index (χ2v) is 8.50. The van der Waals surface area contributed by atoms with Crippen LogP contribution in [0.25, 0.3) is 0 Å². The third-order valence-electron chi connectivity index (χ3n) is 6.22. The van der Waals surface area contributed by atoms with Crippen molar-refractivity contribution in [2.24, 2.45) is 23.3 Å². The lowest BCUT2D eigenvalue weighted by molar-refractivity contribution is -0.136. The minimum Gasteiger partial charge on any atom is -0.495 e. The first kappa shape index (κ1) is 22.1. The highest BCUT2D eigenvalue weighted by molar-refractivity contribution is 5.84. The molecule has 4 unspecified atom stereocenters. The van der Waals surface area contributed by atoms with Crippen LogP contribution in [-0.2, 0) is 9.53 Å². The lowest BCUT2D eigenvalue weighted by atomic mass is 9.83. The van der Waals surface area contributed by atoms with Gasteiger partial charge in [-0.2, -0.15) is 0 Å². The SMILES string of the molecule is C=C(N)C1C=CC(NC(N)NC2=C(C)N(C)C(=O)C(CC)N2C(C)C)=C2OCCC21. The van der Waals surface area contributed by atoms with E-state index in [2.05, 4.69) is 42.0 Å². The summed E-state index contributed by atoms with van der Waals surface area (Å²) >= 11 is 0. The summed E-state index contributed by atoms with van der Waals surface area (Å²) in [5.74, 6) is 2.13. The van der Waals surface area contributed by atoms with Gasteiger partial charge in [-0.15, -0.1) is 0 Å². The number of allylic oxidation sites excluding steroid dienone is 4. The quantitative estimate of drug-likeness (QED) is 0.465. The largest absolute Gasteiger partial charge is 0.495 e. The second kappa shape index (κ2) is 8.63. The van der Waals surface area contributed by atoms with E-state index in [0.29, 0.717) is 12.3 Å². The molecule has 6 N–H and O–H groups in total. The van der Waals surface area contributed by atoms with Crippen molar-refractivity contribution in [2.75, 3.05) is 13.7 Å². The topological polar surface area (TPSA) is 109 Å². The minimum atomic E-state index is -0.565. The van der Waals surface area contributed by atoms with E-state index in [9.17, 15) is 4.79 Å². The Kier molecular flexibility index (Phi) is 6.36. The predicted molar refractivity (Wildman–Crippen MR) is 118 cm³/mol. The van der Waals surface area contributed by atoms with E-state index in [1.54, 1.807) is 4.90 Å². The van der Waals surface area contributed by atoms with Gasteiger partial charge in [0, 0.05) is 30.6 Å². The lowest BCUT2D eigenvalue weighted by Gasteiger charge is -2.45. The Bertz CT molecular complexity index is 799. The number of likely N-dealkylation sites (N-methyl/N-ethyl adjacent to an activating group) is 1. The van der Waals surface area contributed by atoms with Crippen LogP contribution >= 0.6 is 0 Å². The van der Waals surface area contributed by atoms with Crippen LogP contribution in [0.2, 0.25) is 0 Å². The van der Waals surface area contributed by atoms with Crippen molar-refractivity contribution < 1.29 is 9.53 Å². The van der Waals surface area contributed by atoms with Crippen LogP contribution in [0.4, 0.5) is 0 Å². The van der Waals surface area contributed by atoms with Gasteiger partial charge < -0.3 is 30.9 Å². The van der Waals surface area contributed by atoms with Crippen LogP contribution < -0.4 is 22.1 Å². The maximum Gasteiger partial charge on any atom is 0.249 e. The Balaban J connectivity index is 1.82. The number of hydrogen-bond donors (Lipinski definition) is 4. The van der Waals surface area contributed by atoms with E-state index in [0.717, 1.165) is 35.8 Å². The van der Waals surface area contributed by atoms with Gasteiger partial charge in [0.2, 0.25) is 5.91 Å². The molecule has 8 heteroatoms. The number of nitrogens with zero attached hydrogens (tertiary/aromatic N) is 2. The highest BCUT2D eigenvalue weighted by atomic mass is 16.5. The van der Waals surface area contributed by atoms with Gasteiger partial charge in [-0.1, -0.05) is 19.6 Å². The Morgan fingerprint density at radius 3 is 2.70 bits per heavy atom. The van der Waals surface area contributed by atoms with E-state index in [4.69, 9.17) is 16.2 Å². The molecule has 1 saturated heterocycles. The first-order chi connectivity index (χ1) is 14.2. The summed E-state index contributed by atoms with van der Waals surface area (Å²) in [4.78, 5) is 16.6. The Morgan fingerprint density at radius 1 is 1.40 bits per heavy atom. The number of amides is 1. The average molecular weight is 417 g/mol. The normalized spacial score (nSPS) is 27.4. The van der Waals surface area contributed by atoms with Crippen molar-refractivity contribution >= 4 is 5.91 Å². The fourth-order valence-electron chi connectivity index (χ4n) is 4.60. The van der Waals surface area contributed by atoms with Gasteiger partial charge in [0.15, 0.2) is 6.29 Å². The maximum absolute atomic E-state index is 12.8.